The first-order chi connectivity index (χ1) is 13.0. The van der Waals surface area contributed by atoms with E-state index in [1.165, 1.54) is 6.92 Å². The number of benzene rings is 2. The third kappa shape index (κ3) is 4.61. The molecule has 3 rings (SSSR count). The van der Waals surface area contributed by atoms with Crippen molar-refractivity contribution in [3.8, 4) is 0 Å². The van der Waals surface area contributed by atoms with Crippen molar-refractivity contribution in [2.24, 2.45) is 0 Å². The number of carbonyl (C=O) groups is 2. The summed E-state index contributed by atoms with van der Waals surface area (Å²) in [6, 6.07) is 18.4. The van der Waals surface area contributed by atoms with Crippen LogP contribution < -0.4 is 5.32 Å². The molecule has 1 aromatic heterocycles. The van der Waals surface area contributed by atoms with Gasteiger partial charge < -0.3 is 15.2 Å². The minimum absolute atomic E-state index is 0.0734. The smallest absolute Gasteiger partial charge is 0.408 e. The first-order valence-electron chi connectivity index (χ1n) is 8.52. The van der Waals surface area contributed by atoms with Gasteiger partial charge in [0, 0.05) is 18.0 Å². The number of nitrogens with zero attached hydrogens (tertiary/aromatic N) is 1. The zero-order valence-electron chi connectivity index (χ0n) is 14.9. The molecule has 0 radical (unpaired) electrons. The molecule has 1 unspecified atom stereocenters. The Morgan fingerprint density at radius 2 is 1.85 bits per heavy atom. The summed E-state index contributed by atoms with van der Waals surface area (Å²) < 4.78 is 5.16. The predicted molar refractivity (Wildman–Crippen MR) is 101 cm³/mol. The van der Waals surface area contributed by atoms with E-state index >= 15 is 0 Å². The Labute approximate surface area is 156 Å². The molecule has 0 aliphatic carbocycles. The van der Waals surface area contributed by atoms with E-state index in [0.717, 1.165) is 22.0 Å². The molecule has 1 heterocycles. The number of carboxylic acids is 1. The molecular formula is C21H20N2O4. The molecule has 0 fully saturated rings. The number of hydrogen-bond donors (Lipinski definition) is 2. The van der Waals surface area contributed by atoms with Gasteiger partial charge in [-0.15, -0.1) is 0 Å². The van der Waals surface area contributed by atoms with E-state index in [1.807, 2.05) is 60.7 Å². The van der Waals surface area contributed by atoms with Crippen LogP contribution in [-0.2, 0) is 22.6 Å². The van der Waals surface area contributed by atoms with Gasteiger partial charge in [0.2, 0.25) is 0 Å². The highest BCUT2D eigenvalue weighted by molar-refractivity contribution is 5.85. The highest BCUT2D eigenvalue weighted by Crippen LogP contribution is 2.19. The molecule has 0 bridgehead atoms. The predicted octanol–water partition coefficient (Wildman–Crippen LogP) is 3.55. The van der Waals surface area contributed by atoms with Crippen LogP contribution in [0, 0.1) is 0 Å². The van der Waals surface area contributed by atoms with Gasteiger partial charge in [-0.25, -0.2) is 9.59 Å². The van der Waals surface area contributed by atoms with Crippen LogP contribution in [-0.4, -0.2) is 27.7 Å². The second kappa shape index (κ2) is 7.86. The average Bonchev–Trinajstić information content (AvgIpc) is 2.67. The minimum atomic E-state index is -1.50. The number of pyridine rings is 1. The second-order valence-corrected chi connectivity index (χ2v) is 6.53. The maximum atomic E-state index is 12.1. The summed E-state index contributed by atoms with van der Waals surface area (Å²) in [6.07, 6.45) is 1.05. The summed E-state index contributed by atoms with van der Waals surface area (Å²) in [5.74, 6) is -1.13. The Bertz CT molecular complexity index is 959. The monoisotopic (exact) mass is 364 g/mol. The van der Waals surface area contributed by atoms with Crippen molar-refractivity contribution in [3.63, 3.8) is 0 Å². The van der Waals surface area contributed by atoms with E-state index in [0.29, 0.717) is 0 Å². The molecule has 3 aromatic rings. The van der Waals surface area contributed by atoms with E-state index in [4.69, 9.17) is 4.74 Å². The lowest BCUT2D eigenvalue weighted by Gasteiger charge is -2.26. The van der Waals surface area contributed by atoms with Gasteiger partial charge in [0.1, 0.15) is 12.1 Å². The van der Waals surface area contributed by atoms with Crippen LogP contribution in [0.1, 0.15) is 18.1 Å². The number of nitrogens with one attached hydrogen (secondary N) is 1. The SMILES string of the molecule is CC(Cc1ccc2ncccc2c1)(NC(=O)OCc1ccccc1)C(=O)O. The van der Waals surface area contributed by atoms with Gasteiger partial charge >= 0.3 is 12.1 Å². The molecule has 0 saturated carbocycles. The molecule has 0 aliphatic heterocycles. The fourth-order valence-corrected chi connectivity index (χ4v) is 2.80. The number of carbonyl (C=O) groups excluding carboxylic acids is 1. The van der Waals surface area contributed by atoms with Crippen molar-refractivity contribution in [2.75, 3.05) is 0 Å². The zero-order valence-corrected chi connectivity index (χ0v) is 14.9. The summed E-state index contributed by atoms with van der Waals surface area (Å²) in [5.41, 5.74) is 0.938. The molecular weight excluding hydrogens is 344 g/mol. The Balaban J connectivity index is 1.70. The normalized spacial score (nSPS) is 12.9. The summed E-state index contributed by atoms with van der Waals surface area (Å²) in [6.45, 7) is 1.54. The molecule has 27 heavy (non-hydrogen) atoms. The molecule has 2 N–H and O–H groups in total. The van der Waals surface area contributed by atoms with Crippen molar-refractivity contribution in [1.82, 2.24) is 10.3 Å². The van der Waals surface area contributed by atoms with Gasteiger partial charge in [0.25, 0.3) is 0 Å². The number of alkyl carbamates (subject to hydrolysis) is 1. The Hall–Kier alpha value is -3.41. The number of aliphatic carboxylic acids is 1. The van der Waals surface area contributed by atoms with Crippen LogP contribution in [0.15, 0.2) is 66.9 Å². The van der Waals surface area contributed by atoms with Crippen LogP contribution in [0.25, 0.3) is 10.9 Å². The summed E-state index contributed by atoms with van der Waals surface area (Å²) >= 11 is 0. The highest BCUT2D eigenvalue weighted by atomic mass is 16.5. The Morgan fingerprint density at radius 3 is 2.59 bits per heavy atom. The number of aromatic nitrogens is 1. The second-order valence-electron chi connectivity index (χ2n) is 6.53. The highest BCUT2D eigenvalue weighted by Gasteiger charge is 2.35. The zero-order chi connectivity index (χ0) is 19.3. The molecule has 2 aromatic carbocycles. The summed E-state index contributed by atoms with van der Waals surface area (Å²) in [5, 5.41) is 13.1. The van der Waals surface area contributed by atoms with Gasteiger partial charge in [0.05, 0.1) is 5.52 Å². The number of hydrogen-bond acceptors (Lipinski definition) is 4. The lowest BCUT2D eigenvalue weighted by Crippen LogP contribution is -2.53. The third-order valence-electron chi connectivity index (χ3n) is 4.29. The lowest BCUT2D eigenvalue weighted by molar-refractivity contribution is -0.143. The first-order valence-corrected chi connectivity index (χ1v) is 8.52. The van der Waals surface area contributed by atoms with E-state index in [2.05, 4.69) is 10.3 Å². The summed E-state index contributed by atoms with van der Waals surface area (Å²) in [7, 11) is 0. The van der Waals surface area contributed by atoms with Gasteiger partial charge in [-0.05, 0) is 36.2 Å². The van der Waals surface area contributed by atoms with Crippen molar-refractivity contribution < 1.29 is 19.4 Å². The van der Waals surface area contributed by atoms with Crippen molar-refractivity contribution in [1.29, 1.82) is 0 Å². The molecule has 1 atom stereocenters. The van der Waals surface area contributed by atoms with Gasteiger partial charge in [-0.3, -0.25) is 4.98 Å². The number of rotatable bonds is 6. The molecule has 0 spiro atoms. The maximum absolute atomic E-state index is 12.1. The molecule has 0 aliphatic rings. The maximum Gasteiger partial charge on any atom is 0.408 e. The first kappa shape index (κ1) is 18.4. The van der Waals surface area contributed by atoms with E-state index < -0.39 is 17.6 Å². The molecule has 1 amide bonds. The number of carboxylic acid groups (broad SMARTS) is 1. The van der Waals surface area contributed by atoms with Gasteiger partial charge in [-0.1, -0.05) is 42.5 Å². The number of ether oxygens (including phenoxy) is 1. The van der Waals surface area contributed by atoms with E-state index in [9.17, 15) is 14.7 Å². The fraction of sp³-hybridized carbons (Fsp3) is 0.190. The van der Waals surface area contributed by atoms with Crippen molar-refractivity contribution in [3.05, 3.63) is 78.0 Å². The molecule has 6 nitrogen and oxygen atoms in total. The Morgan fingerprint density at radius 1 is 1.07 bits per heavy atom. The minimum Gasteiger partial charge on any atom is -0.480 e. The Kier molecular flexibility index (Phi) is 5.35. The number of fused-ring (bicyclic) bond motifs is 1. The average molecular weight is 364 g/mol. The largest absolute Gasteiger partial charge is 0.480 e. The lowest BCUT2D eigenvalue weighted by atomic mass is 9.92. The van der Waals surface area contributed by atoms with Crippen molar-refractivity contribution in [2.45, 2.75) is 25.5 Å². The van der Waals surface area contributed by atoms with Crippen LogP contribution >= 0.6 is 0 Å². The third-order valence-corrected chi connectivity index (χ3v) is 4.29. The standard InChI is InChI=1S/C21H20N2O4/c1-21(19(24)25,23-20(26)27-14-15-6-3-2-4-7-15)13-16-9-10-18-17(12-16)8-5-11-22-18/h2-12H,13-14H2,1H3,(H,23,26)(H,24,25). The van der Waals surface area contributed by atoms with E-state index in [-0.39, 0.29) is 13.0 Å². The van der Waals surface area contributed by atoms with Crippen LogP contribution in [0.3, 0.4) is 0 Å². The molecule has 6 heteroatoms. The fourth-order valence-electron chi connectivity index (χ4n) is 2.80. The van der Waals surface area contributed by atoms with Gasteiger partial charge in [-0.2, -0.15) is 0 Å². The van der Waals surface area contributed by atoms with Gasteiger partial charge in [0.15, 0.2) is 0 Å². The quantitative estimate of drug-likeness (QED) is 0.698. The van der Waals surface area contributed by atoms with Crippen LogP contribution in [0.4, 0.5) is 4.79 Å². The molecule has 0 saturated heterocycles. The number of amides is 1. The van der Waals surface area contributed by atoms with Crippen LogP contribution in [0.2, 0.25) is 0 Å². The topological polar surface area (TPSA) is 88.5 Å². The van der Waals surface area contributed by atoms with E-state index in [1.54, 1.807) is 6.20 Å². The van der Waals surface area contributed by atoms with Crippen LogP contribution in [0.5, 0.6) is 0 Å². The van der Waals surface area contributed by atoms with Crippen molar-refractivity contribution >= 4 is 23.0 Å². The molecule has 138 valence electrons. The summed E-state index contributed by atoms with van der Waals surface area (Å²) in [4.78, 5) is 28.2.